The van der Waals surface area contributed by atoms with E-state index >= 15 is 0 Å². The van der Waals surface area contributed by atoms with Crippen LogP contribution in [0.1, 0.15) is 0 Å². The third-order valence-electron chi connectivity index (χ3n) is 0.414. The van der Waals surface area contributed by atoms with E-state index in [0.717, 1.165) is 0 Å². The maximum atomic E-state index is 9.84. The summed E-state index contributed by atoms with van der Waals surface area (Å²) in [7, 11) is 0. The topological polar surface area (TPSA) is 45.9 Å². The molecule has 1 heterocycles. The highest BCUT2D eigenvalue weighted by Crippen LogP contribution is 2.02. The Kier molecular flexibility index (Phi) is 0.538. The third kappa shape index (κ3) is 0.337. The summed E-state index contributed by atoms with van der Waals surface area (Å²) in [6.45, 7) is 0. The Morgan fingerprint density at radius 3 is 2.83 bits per heavy atom. The van der Waals surface area contributed by atoms with Crippen molar-refractivity contribution in [2.75, 3.05) is 0 Å². The van der Waals surface area contributed by atoms with Gasteiger partial charge >= 0.3 is 5.95 Å². The first kappa shape index (κ1) is 3.21. The van der Waals surface area contributed by atoms with E-state index in [9.17, 15) is 5.11 Å². The predicted molar refractivity (Wildman–Crippen MR) is 16.6 cm³/mol. The Morgan fingerprint density at radius 1 is 1.83 bits per heavy atom. The van der Waals surface area contributed by atoms with E-state index in [4.69, 9.17) is 0 Å². The van der Waals surface area contributed by atoms with Crippen LogP contribution in [0, 0.1) is 0 Å². The lowest BCUT2D eigenvalue weighted by Crippen LogP contribution is -1.41. The van der Waals surface area contributed by atoms with Crippen LogP contribution in [0.15, 0.2) is 16.8 Å². The minimum absolute atomic E-state index is 0.394. The summed E-state index contributed by atoms with van der Waals surface area (Å²) in [5, 5.41) is 13.0. The largest absolute Gasteiger partial charge is 0.360 e. The lowest BCUT2D eigenvalue weighted by molar-refractivity contribution is 0.217. The zero-order chi connectivity index (χ0) is 4.41. The van der Waals surface area contributed by atoms with Crippen molar-refractivity contribution < 1.29 is 9.63 Å². The van der Waals surface area contributed by atoms with E-state index in [-0.39, 0.29) is 0 Å². The first-order valence-electron chi connectivity index (χ1n) is 1.47. The second kappa shape index (κ2) is 1.01. The van der Waals surface area contributed by atoms with Gasteiger partial charge in [0.2, 0.25) is 0 Å². The van der Waals surface area contributed by atoms with Gasteiger partial charge in [0.15, 0.2) is 0 Å². The lowest BCUT2D eigenvalue weighted by Gasteiger charge is -1.59. The van der Waals surface area contributed by atoms with E-state index in [1.807, 2.05) is 0 Å². The summed E-state index contributed by atoms with van der Waals surface area (Å²) in [6.07, 6.45) is 1.31. The monoisotopic (exact) mass is 84.0 g/mol. The van der Waals surface area contributed by atoms with Gasteiger partial charge in [-0.3, -0.25) is 0 Å². The highest BCUT2D eigenvalue weighted by Gasteiger charge is 1.85. The van der Waals surface area contributed by atoms with Gasteiger partial charge in [-0.1, -0.05) is 5.16 Å². The molecule has 6 heavy (non-hydrogen) atoms. The molecule has 1 radical (unpaired) electrons. The minimum atomic E-state index is -0.394. The van der Waals surface area contributed by atoms with Crippen LogP contribution < -0.4 is 0 Å². The maximum Gasteiger partial charge on any atom is 0.360 e. The van der Waals surface area contributed by atoms with Crippen LogP contribution in [0.5, 0.6) is 5.95 Å². The lowest BCUT2D eigenvalue weighted by atomic mass is 10.7. The van der Waals surface area contributed by atoms with E-state index < -0.39 is 5.95 Å². The van der Waals surface area contributed by atoms with E-state index in [1.165, 1.54) is 12.3 Å². The van der Waals surface area contributed by atoms with E-state index in [2.05, 4.69) is 9.68 Å². The Balaban J connectivity index is 3.05. The van der Waals surface area contributed by atoms with Crippen molar-refractivity contribution >= 4 is 0 Å². The van der Waals surface area contributed by atoms with Crippen molar-refractivity contribution in [1.82, 2.24) is 5.16 Å². The van der Waals surface area contributed by atoms with Gasteiger partial charge in [-0.15, -0.1) is 0 Å². The molecule has 1 aromatic heterocycles. The van der Waals surface area contributed by atoms with Crippen molar-refractivity contribution in [3.8, 4) is 5.95 Å². The van der Waals surface area contributed by atoms with Gasteiger partial charge in [0, 0.05) is 6.07 Å². The van der Waals surface area contributed by atoms with Gasteiger partial charge in [-0.2, -0.15) is 0 Å². The molecular formula is C3H2NO2. The second-order valence-corrected chi connectivity index (χ2v) is 0.831. The number of nitrogens with zero attached hydrogens (tertiary/aromatic N) is 1. The quantitative estimate of drug-likeness (QED) is 0.467. The van der Waals surface area contributed by atoms with Crippen LogP contribution in [0.2, 0.25) is 0 Å². The van der Waals surface area contributed by atoms with E-state index in [0.29, 0.717) is 0 Å². The molecule has 1 rings (SSSR count). The molecule has 0 aliphatic rings. The number of aromatic nitrogens is 1. The van der Waals surface area contributed by atoms with Crippen LogP contribution in [-0.2, 0) is 5.11 Å². The Hall–Kier alpha value is -0.990. The molecule has 0 aliphatic carbocycles. The summed E-state index contributed by atoms with van der Waals surface area (Å²) in [6, 6.07) is 1.25. The summed E-state index contributed by atoms with van der Waals surface area (Å²) < 4.78 is 4.03. The number of hydrogen-bond acceptors (Lipinski definition) is 2. The van der Waals surface area contributed by atoms with Crippen molar-refractivity contribution in [2.24, 2.45) is 0 Å². The molecule has 0 fully saturated rings. The first-order chi connectivity index (χ1) is 2.89. The average Bonchev–Trinajstić information content (AvgIpc) is 1.86. The van der Waals surface area contributed by atoms with Crippen LogP contribution in [0.4, 0.5) is 0 Å². The molecular weight excluding hydrogens is 82.0 g/mol. The van der Waals surface area contributed by atoms with Gasteiger partial charge in [0.1, 0.15) is 0 Å². The van der Waals surface area contributed by atoms with Crippen molar-refractivity contribution in [3.63, 3.8) is 0 Å². The molecule has 1 aromatic rings. The summed E-state index contributed by atoms with van der Waals surface area (Å²) in [5.41, 5.74) is 0. The van der Waals surface area contributed by atoms with Gasteiger partial charge in [-0.05, 0) is 0 Å². The standard InChI is InChI=1S/C3H2NO2/c5-3-1-2-4-6-3/h1-2H. The zero-order valence-electron chi connectivity index (χ0n) is 2.92. The smallest absolute Gasteiger partial charge is 0.313 e. The molecule has 3 heteroatoms. The molecule has 0 aromatic carbocycles. The molecule has 0 spiro atoms. The molecule has 0 saturated heterocycles. The van der Waals surface area contributed by atoms with Crippen molar-refractivity contribution in [1.29, 1.82) is 0 Å². The van der Waals surface area contributed by atoms with Crippen LogP contribution in [-0.4, -0.2) is 5.16 Å². The average molecular weight is 84.1 g/mol. The summed E-state index contributed by atoms with van der Waals surface area (Å²) >= 11 is 0. The molecule has 3 nitrogen and oxygen atoms in total. The fourth-order valence-electron chi connectivity index (χ4n) is 0.204. The normalized spacial score (nSPS) is 8.67. The third-order valence-corrected chi connectivity index (χ3v) is 0.414. The maximum absolute atomic E-state index is 9.84. The van der Waals surface area contributed by atoms with Gasteiger partial charge in [-0.25, -0.2) is 5.11 Å². The zero-order valence-corrected chi connectivity index (χ0v) is 2.92. The highest BCUT2D eigenvalue weighted by molar-refractivity contribution is 4.94. The summed E-state index contributed by atoms with van der Waals surface area (Å²) in [4.78, 5) is 0. The Morgan fingerprint density at radius 2 is 2.67 bits per heavy atom. The van der Waals surface area contributed by atoms with Gasteiger partial charge in [0.25, 0.3) is 0 Å². The molecule has 0 unspecified atom stereocenters. The van der Waals surface area contributed by atoms with Crippen LogP contribution in [0.3, 0.4) is 0 Å². The van der Waals surface area contributed by atoms with Crippen LogP contribution in [0.25, 0.3) is 0 Å². The molecule has 0 amide bonds. The molecule has 0 N–H and O–H groups in total. The van der Waals surface area contributed by atoms with Crippen molar-refractivity contribution in [3.05, 3.63) is 12.3 Å². The molecule has 0 atom stereocenters. The van der Waals surface area contributed by atoms with E-state index in [1.54, 1.807) is 0 Å². The Labute approximate surface area is 34.2 Å². The fourth-order valence-corrected chi connectivity index (χ4v) is 0.204. The predicted octanol–water partition coefficient (Wildman–Crippen LogP) is 0.818. The Bertz CT molecular complexity index is 112. The fraction of sp³-hybridized carbons (Fsp3) is 0. The van der Waals surface area contributed by atoms with Gasteiger partial charge in [0.05, 0.1) is 6.20 Å². The molecule has 0 aliphatic heterocycles. The van der Waals surface area contributed by atoms with Crippen LogP contribution >= 0.6 is 0 Å². The number of rotatable bonds is 0. The molecule has 0 saturated carbocycles. The molecule has 0 bridgehead atoms. The number of hydrogen-bond donors (Lipinski definition) is 0. The first-order valence-corrected chi connectivity index (χ1v) is 1.47. The second-order valence-electron chi connectivity index (χ2n) is 0.831. The van der Waals surface area contributed by atoms with Gasteiger partial charge < -0.3 is 4.52 Å². The SMILES string of the molecule is [O]c1ccno1. The minimum Gasteiger partial charge on any atom is -0.313 e. The summed E-state index contributed by atoms with van der Waals surface area (Å²) in [5.74, 6) is -0.394. The highest BCUT2D eigenvalue weighted by atomic mass is 16.5. The molecule has 31 valence electrons. The van der Waals surface area contributed by atoms with Crippen molar-refractivity contribution in [2.45, 2.75) is 0 Å².